The number of carbonyl (C=O) groups excluding carboxylic acids is 1. The summed E-state index contributed by atoms with van der Waals surface area (Å²) in [5.41, 5.74) is 9.15. The van der Waals surface area contributed by atoms with E-state index in [9.17, 15) is 4.79 Å². The third kappa shape index (κ3) is 5.33. The Kier molecular flexibility index (Phi) is 7.43. The van der Waals surface area contributed by atoms with Crippen molar-refractivity contribution in [1.82, 2.24) is 10.2 Å². The maximum Gasteiger partial charge on any atom is 0.254 e. The SMILES string of the molecule is CCC(C)CN(C)C(C)[C@H](NC(=O)c1c(C)cccc1N)c1ccccc1. The lowest BCUT2D eigenvalue weighted by atomic mass is 9.97. The number of likely N-dealkylation sites (N-methyl/N-ethyl adjacent to an activating group) is 1. The molecule has 2 rings (SSSR count). The van der Waals surface area contributed by atoms with Gasteiger partial charge in [0.1, 0.15) is 0 Å². The summed E-state index contributed by atoms with van der Waals surface area (Å²) in [6.45, 7) is 9.54. The Hall–Kier alpha value is -2.33. The second-order valence-corrected chi connectivity index (χ2v) is 7.59. The van der Waals surface area contributed by atoms with Gasteiger partial charge < -0.3 is 16.0 Å². The Morgan fingerprint density at radius 1 is 1.11 bits per heavy atom. The van der Waals surface area contributed by atoms with Gasteiger partial charge in [0.2, 0.25) is 0 Å². The van der Waals surface area contributed by atoms with Crippen LogP contribution in [0.2, 0.25) is 0 Å². The third-order valence-electron chi connectivity index (χ3n) is 5.45. The molecule has 3 N–H and O–H groups in total. The number of carbonyl (C=O) groups is 1. The van der Waals surface area contributed by atoms with Gasteiger partial charge in [0, 0.05) is 18.3 Å². The molecular formula is C23H33N3O. The number of aryl methyl sites for hydroxylation is 1. The largest absolute Gasteiger partial charge is 0.398 e. The maximum absolute atomic E-state index is 13.1. The predicted molar refractivity (Wildman–Crippen MR) is 114 cm³/mol. The van der Waals surface area contributed by atoms with Crippen molar-refractivity contribution in [1.29, 1.82) is 0 Å². The van der Waals surface area contributed by atoms with Crippen LogP contribution < -0.4 is 11.1 Å². The van der Waals surface area contributed by atoms with Gasteiger partial charge in [-0.2, -0.15) is 0 Å². The lowest BCUT2D eigenvalue weighted by molar-refractivity contribution is 0.0900. The minimum Gasteiger partial charge on any atom is -0.398 e. The summed E-state index contributed by atoms with van der Waals surface area (Å²) < 4.78 is 0. The fourth-order valence-electron chi connectivity index (χ4n) is 3.40. The number of benzene rings is 2. The van der Waals surface area contributed by atoms with Crippen molar-refractivity contribution in [3.05, 3.63) is 65.2 Å². The number of nitrogens with one attached hydrogen (secondary N) is 1. The second-order valence-electron chi connectivity index (χ2n) is 7.59. The number of hydrogen-bond donors (Lipinski definition) is 2. The van der Waals surface area contributed by atoms with E-state index in [1.165, 1.54) is 0 Å². The standard InChI is InChI=1S/C23H33N3O/c1-6-16(2)15-26(5)18(4)22(19-12-8-7-9-13-19)25-23(27)21-17(3)11-10-14-20(21)24/h7-14,16,18,22H,6,15,24H2,1-5H3,(H,25,27)/t16?,18?,22-/m0/s1. The van der Waals surface area contributed by atoms with Crippen molar-refractivity contribution < 1.29 is 4.79 Å². The lowest BCUT2D eigenvalue weighted by Crippen LogP contribution is -2.44. The van der Waals surface area contributed by atoms with Crippen LogP contribution in [0, 0.1) is 12.8 Å². The number of rotatable bonds is 8. The first kappa shape index (κ1) is 21.0. The molecule has 146 valence electrons. The van der Waals surface area contributed by atoms with Crippen LogP contribution in [0.4, 0.5) is 5.69 Å². The molecule has 0 aliphatic carbocycles. The molecule has 27 heavy (non-hydrogen) atoms. The van der Waals surface area contributed by atoms with Crippen molar-refractivity contribution in [2.75, 3.05) is 19.3 Å². The van der Waals surface area contributed by atoms with Crippen LogP contribution in [0.5, 0.6) is 0 Å². The number of amides is 1. The van der Waals surface area contributed by atoms with E-state index in [0.717, 1.165) is 24.1 Å². The zero-order chi connectivity index (χ0) is 20.0. The topological polar surface area (TPSA) is 58.4 Å². The third-order valence-corrected chi connectivity index (χ3v) is 5.45. The van der Waals surface area contributed by atoms with Gasteiger partial charge in [-0.3, -0.25) is 4.79 Å². The average molecular weight is 368 g/mol. The number of anilines is 1. The highest BCUT2D eigenvalue weighted by Crippen LogP contribution is 2.24. The monoisotopic (exact) mass is 367 g/mol. The van der Waals surface area contributed by atoms with Crippen LogP contribution in [0.15, 0.2) is 48.5 Å². The quantitative estimate of drug-likeness (QED) is 0.679. The normalized spacial score (nSPS) is 14.6. The summed E-state index contributed by atoms with van der Waals surface area (Å²) >= 11 is 0. The molecular weight excluding hydrogens is 334 g/mol. The highest BCUT2D eigenvalue weighted by Gasteiger charge is 2.26. The van der Waals surface area contributed by atoms with E-state index in [4.69, 9.17) is 5.73 Å². The molecule has 0 heterocycles. The van der Waals surface area contributed by atoms with Crippen LogP contribution >= 0.6 is 0 Å². The molecule has 2 aromatic rings. The van der Waals surface area contributed by atoms with E-state index in [2.05, 4.69) is 50.2 Å². The first-order valence-electron chi connectivity index (χ1n) is 9.76. The maximum atomic E-state index is 13.1. The van der Waals surface area contributed by atoms with Gasteiger partial charge in [-0.1, -0.05) is 62.7 Å². The van der Waals surface area contributed by atoms with Crippen LogP contribution in [-0.2, 0) is 0 Å². The van der Waals surface area contributed by atoms with Gasteiger partial charge in [0.15, 0.2) is 0 Å². The Morgan fingerprint density at radius 2 is 1.78 bits per heavy atom. The van der Waals surface area contributed by atoms with E-state index in [0.29, 0.717) is 17.2 Å². The highest BCUT2D eigenvalue weighted by molar-refractivity contribution is 6.00. The minimum atomic E-state index is -0.122. The molecule has 0 saturated heterocycles. The van der Waals surface area contributed by atoms with E-state index in [1.807, 2.05) is 37.3 Å². The molecule has 3 atom stereocenters. The van der Waals surface area contributed by atoms with Gasteiger partial charge in [-0.25, -0.2) is 0 Å². The number of nitrogen functional groups attached to an aromatic ring is 1. The zero-order valence-electron chi connectivity index (χ0n) is 17.2. The van der Waals surface area contributed by atoms with Crippen molar-refractivity contribution in [3.63, 3.8) is 0 Å². The summed E-state index contributed by atoms with van der Waals surface area (Å²) in [5.74, 6) is 0.486. The summed E-state index contributed by atoms with van der Waals surface area (Å²) in [4.78, 5) is 15.4. The molecule has 4 heteroatoms. The molecule has 0 aliphatic heterocycles. The van der Waals surface area contributed by atoms with Gasteiger partial charge in [0.25, 0.3) is 5.91 Å². The molecule has 2 unspecified atom stereocenters. The first-order valence-corrected chi connectivity index (χ1v) is 9.76. The molecule has 2 aromatic carbocycles. The minimum absolute atomic E-state index is 0.119. The molecule has 4 nitrogen and oxygen atoms in total. The Bertz CT molecular complexity index is 724. The number of nitrogens with two attached hydrogens (primary N) is 1. The number of hydrogen-bond acceptors (Lipinski definition) is 3. The van der Waals surface area contributed by atoms with Crippen LogP contribution in [0.3, 0.4) is 0 Å². The molecule has 0 aromatic heterocycles. The summed E-state index contributed by atoms with van der Waals surface area (Å²) in [7, 11) is 2.13. The Balaban J connectivity index is 2.29. The van der Waals surface area contributed by atoms with Crippen LogP contribution in [0.25, 0.3) is 0 Å². The summed E-state index contributed by atoms with van der Waals surface area (Å²) in [6.07, 6.45) is 1.14. The van der Waals surface area contributed by atoms with Gasteiger partial charge in [0.05, 0.1) is 11.6 Å². The van der Waals surface area contributed by atoms with E-state index in [1.54, 1.807) is 6.07 Å². The molecule has 0 radical (unpaired) electrons. The Morgan fingerprint density at radius 3 is 2.37 bits per heavy atom. The van der Waals surface area contributed by atoms with Gasteiger partial charge >= 0.3 is 0 Å². The van der Waals surface area contributed by atoms with Crippen molar-refractivity contribution >= 4 is 11.6 Å². The molecule has 0 aliphatic rings. The highest BCUT2D eigenvalue weighted by atomic mass is 16.1. The van der Waals surface area contributed by atoms with Crippen LogP contribution in [-0.4, -0.2) is 30.4 Å². The molecule has 0 fully saturated rings. The van der Waals surface area contributed by atoms with E-state index >= 15 is 0 Å². The molecule has 0 bridgehead atoms. The smallest absolute Gasteiger partial charge is 0.254 e. The average Bonchev–Trinajstić information content (AvgIpc) is 2.65. The lowest BCUT2D eigenvalue weighted by Gasteiger charge is -2.34. The van der Waals surface area contributed by atoms with Crippen molar-refractivity contribution in [2.24, 2.45) is 5.92 Å². The number of nitrogens with zero attached hydrogens (tertiary/aromatic N) is 1. The Labute approximate surface area is 163 Å². The fourth-order valence-corrected chi connectivity index (χ4v) is 3.40. The van der Waals surface area contributed by atoms with E-state index < -0.39 is 0 Å². The van der Waals surface area contributed by atoms with E-state index in [-0.39, 0.29) is 18.0 Å². The summed E-state index contributed by atoms with van der Waals surface area (Å²) in [5, 5.41) is 3.24. The van der Waals surface area contributed by atoms with Crippen LogP contribution in [0.1, 0.15) is 54.7 Å². The molecule has 0 saturated carbocycles. The van der Waals surface area contributed by atoms with Gasteiger partial charge in [-0.05, 0) is 44.0 Å². The predicted octanol–water partition coefficient (Wildman–Crippen LogP) is 4.41. The zero-order valence-corrected chi connectivity index (χ0v) is 17.2. The van der Waals surface area contributed by atoms with Crippen molar-refractivity contribution in [3.8, 4) is 0 Å². The fraction of sp³-hybridized carbons (Fsp3) is 0.435. The first-order chi connectivity index (χ1) is 12.8. The summed E-state index contributed by atoms with van der Waals surface area (Å²) in [6, 6.07) is 15.8. The molecule has 1 amide bonds. The van der Waals surface area contributed by atoms with Crippen molar-refractivity contribution in [2.45, 2.75) is 46.2 Å². The molecule has 0 spiro atoms. The van der Waals surface area contributed by atoms with Gasteiger partial charge in [-0.15, -0.1) is 0 Å². The second kappa shape index (κ2) is 9.56.